The molecular weight excluding hydrogens is 258 g/mol. The van der Waals surface area contributed by atoms with E-state index in [1.165, 1.54) is 11.1 Å². The molecule has 0 unspecified atom stereocenters. The summed E-state index contributed by atoms with van der Waals surface area (Å²) >= 11 is 0. The molecule has 0 saturated carbocycles. The van der Waals surface area contributed by atoms with Crippen molar-refractivity contribution in [3.05, 3.63) is 77.6 Å². The second kappa shape index (κ2) is 5.94. The van der Waals surface area contributed by atoms with Gasteiger partial charge >= 0.3 is 0 Å². The van der Waals surface area contributed by atoms with Crippen molar-refractivity contribution in [3.63, 3.8) is 0 Å². The molecular formula is C18H19N3. The van der Waals surface area contributed by atoms with E-state index in [0.29, 0.717) is 6.54 Å². The van der Waals surface area contributed by atoms with Gasteiger partial charge in [0.05, 0.1) is 0 Å². The summed E-state index contributed by atoms with van der Waals surface area (Å²) in [5.41, 5.74) is 10.5. The monoisotopic (exact) mass is 277 g/mol. The Kier molecular flexibility index (Phi) is 3.84. The van der Waals surface area contributed by atoms with Crippen LogP contribution < -0.4 is 5.73 Å². The maximum atomic E-state index is 5.71. The van der Waals surface area contributed by atoms with Crippen LogP contribution in [0.2, 0.25) is 0 Å². The average Bonchev–Trinajstić information content (AvgIpc) is 2.95. The van der Waals surface area contributed by atoms with Crippen LogP contribution in [0.5, 0.6) is 0 Å². The van der Waals surface area contributed by atoms with Crippen LogP contribution in [0, 0.1) is 6.92 Å². The van der Waals surface area contributed by atoms with Gasteiger partial charge in [-0.15, -0.1) is 0 Å². The molecule has 1 heterocycles. The summed E-state index contributed by atoms with van der Waals surface area (Å²) in [5.74, 6) is 0.997. The third-order valence-corrected chi connectivity index (χ3v) is 3.57. The van der Waals surface area contributed by atoms with Gasteiger partial charge < -0.3 is 10.3 Å². The molecule has 0 amide bonds. The molecule has 0 radical (unpaired) electrons. The van der Waals surface area contributed by atoms with E-state index in [0.717, 1.165) is 23.5 Å². The van der Waals surface area contributed by atoms with E-state index < -0.39 is 0 Å². The Balaban J connectivity index is 1.92. The topological polar surface area (TPSA) is 43.8 Å². The summed E-state index contributed by atoms with van der Waals surface area (Å²) in [6.07, 6.45) is 3.87. The first-order valence-corrected chi connectivity index (χ1v) is 7.12. The van der Waals surface area contributed by atoms with Crippen molar-refractivity contribution in [2.75, 3.05) is 0 Å². The molecule has 21 heavy (non-hydrogen) atoms. The Hall–Kier alpha value is -2.39. The Morgan fingerprint density at radius 1 is 1.05 bits per heavy atom. The molecule has 3 rings (SSSR count). The normalized spacial score (nSPS) is 10.8. The maximum Gasteiger partial charge on any atom is 0.140 e. The first-order chi connectivity index (χ1) is 10.3. The lowest BCUT2D eigenvalue weighted by atomic mass is 10.1. The number of hydrogen-bond acceptors (Lipinski definition) is 2. The van der Waals surface area contributed by atoms with Crippen molar-refractivity contribution >= 4 is 0 Å². The molecule has 3 aromatic rings. The van der Waals surface area contributed by atoms with Crippen LogP contribution in [0.15, 0.2) is 60.9 Å². The highest BCUT2D eigenvalue weighted by Crippen LogP contribution is 2.20. The summed E-state index contributed by atoms with van der Waals surface area (Å²) in [6.45, 7) is 3.47. The molecule has 2 aromatic carbocycles. The van der Waals surface area contributed by atoms with E-state index in [-0.39, 0.29) is 0 Å². The fourth-order valence-corrected chi connectivity index (χ4v) is 2.53. The maximum absolute atomic E-state index is 5.71. The number of aromatic nitrogens is 2. The van der Waals surface area contributed by atoms with E-state index >= 15 is 0 Å². The molecule has 0 aliphatic carbocycles. The van der Waals surface area contributed by atoms with Crippen LogP contribution in [0.25, 0.3) is 11.4 Å². The fourth-order valence-electron chi connectivity index (χ4n) is 2.53. The molecule has 0 bridgehead atoms. The standard InChI is InChI=1S/C18H19N3/c1-14-4-2-7-17(10-14)18-20-8-9-21(18)13-16-6-3-5-15(11-16)12-19/h2-11H,12-13,19H2,1H3. The van der Waals surface area contributed by atoms with E-state index in [9.17, 15) is 0 Å². The number of nitrogens with zero attached hydrogens (tertiary/aromatic N) is 2. The Labute approximate surface area is 125 Å². The minimum absolute atomic E-state index is 0.572. The minimum Gasteiger partial charge on any atom is -0.327 e. The zero-order valence-corrected chi connectivity index (χ0v) is 12.2. The van der Waals surface area contributed by atoms with E-state index in [1.54, 1.807) is 0 Å². The predicted octanol–water partition coefficient (Wildman–Crippen LogP) is 3.37. The molecule has 0 aliphatic heterocycles. The predicted molar refractivity (Wildman–Crippen MR) is 85.8 cm³/mol. The quantitative estimate of drug-likeness (QED) is 0.794. The zero-order valence-electron chi connectivity index (χ0n) is 12.2. The molecule has 0 atom stereocenters. The van der Waals surface area contributed by atoms with Gasteiger partial charge in [0.2, 0.25) is 0 Å². The van der Waals surface area contributed by atoms with Crippen molar-refractivity contribution < 1.29 is 0 Å². The van der Waals surface area contributed by atoms with Crippen molar-refractivity contribution in [2.24, 2.45) is 5.73 Å². The molecule has 3 heteroatoms. The first kappa shape index (κ1) is 13.6. The largest absolute Gasteiger partial charge is 0.327 e. The van der Waals surface area contributed by atoms with Crippen LogP contribution in [-0.4, -0.2) is 9.55 Å². The first-order valence-electron chi connectivity index (χ1n) is 7.12. The fraction of sp³-hybridized carbons (Fsp3) is 0.167. The Morgan fingerprint density at radius 2 is 1.86 bits per heavy atom. The Morgan fingerprint density at radius 3 is 2.67 bits per heavy atom. The Bertz CT molecular complexity index is 743. The molecule has 2 N–H and O–H groups in total. The second-order valence-electron chi connectivity index (χ2n) is 5.27. The number of hydrogen-bond donors (Lipinski definition) is 1. The van der Waals surface area contributed by atoms with Gasteiger partial charge in [-0.05, 0) is 24.1 Å². The number of nitrogens with two attached hydrogens (primary N) is 1. The highest BCUT2D eigenvalue weighted by molar-refractivity contribution is 5.56. The highest BCUT2D eigenvalue weighted by Gasteiger charge is 2.06. The average molecular weight is 277 g/mol. The van der Waals surface area contributed by atoms with Gasteiger partial charge in [0, 0.05) is 31.0 Å². The number of rotatable bonds is 4. The summed E-state index contributed by atoms with van der Waals surface area (Å²) in [7, 11) is 0. The molecule has 106 valence electrons. The third-order valence-electron chi connectivity index (χ3n) is 3.57. The van der Waals surface area contributed by atoms with Crippen LogP contribution in [0.3, 0.4) is 0 Å². The van der Waals surface area contributed by atoms with Gasteiger partial charge in [0.25, 0.3) is 0 Å². The zero-order chi connectivity index (χ0) is 14.7. The van der Waals surface area contributed by atoms with Crippen LogP contribution in [0.1, 0.15) is 16.7 Å². The van der Waals surface area contributed by atoms with Gasteiger partial charge in [-0.1, -0.05) is 48.0 Å². The SMILES string of the molecule is Cc1cccc(-c2nccn2Cc2cccc(CN)c2)c1. The number of imidazole rings is 1. The number of benzene rings is 2. The van der Waals surface area contributed by atoms with E-state index in [2.05, 4.69) is 65.0 Å². The second-order valence-corrected chi connectivity index (χ2v) is 5.27. The summed E-state index contributed by atoms with van der Waals surface area (Å²) in [6, 6.07) is 16.8. The van der Waals surface area contributed by atoms with Gasteiger partial charge in [0.1, 0.15) is 5.82 Å². The van der Waals surface area contributed by atoms with Crippen molar-refractivity contribution in [1.29, 1.82) is 0 Å². The minimum atomic E-state index is 0.572. The van der Waals surface area contributed by atoms with Gasteiger partial charge in [-0.3, -0.25) is 0 Å². The van der Waals surface area contributed by atoms with Crippen molar-refractivity contribution in [3.8, 4) is 11.4 Å². The smallest absolute Gasteiger partial charge is 0.140 e. The van der Waals surface area contributed by atoms with E-state index in [4.69, 9.17) is 5.73 Å². The molecule has 0 aliphatic rings. The third kappa shape index (κ3) is 3.03. The van der Waals surface area contributed by atoms with Gasteiger partial charge in [0.15, 0.2) is 0 Å². The molecule has 0 spiro atoms. The van der Waals surface area contributed by atoms with Crippen LogP contribution >= 0.6 is 0 Å². The molecule has 1 aromatic heterocycles. The molecule has 0 fully saturated rings. The molecule has 3 nitrogen and oxygen atoms in total. The lowest BCUT2D eigenvalue weighted by molar-refractivity contribution is 0.805. The summed E-state index contributed by atoms with van der Waals surface area (Å²) in [4.78, 5) is 4.50. The number of aryl methyl sites for hydroxylation is 1. The van der Waals surface area contributed by atoms with Gasteiger partial charge in [-0.2, -0.15) is 0 Å². The van der Waals surface area contributed by atoms with Crippen molar-refractivity contribution in [1.82, 2.24) is 9.55 Å². The highest BCUT2D eigenvalue weighted by atomic mass is 15.1. The summed E-state index contributed by atoms with van der Waals surface area (Å²) in [5, 5.41) is 0. The van der Waals surface area contributed by atoms with Crippen LogP contribution in [0.4, 0.5) is 0 Å². The van der Waals surface area contributed by atoms with Gasteiger partial charge in [-0.25, -0.2) is 4.98 Å². The lowest BCUT2D eigenvalue weighted by Crippen LogP contribution is -2.03. The summed E-state index contributed by atoms with van der Waals surface area (Å²) < 4.78 is 2.17. The lowest BCUT2D eigenvalue weighted by Gasteiger charge is -2.09. The molecule has 0 saturated heterocycles. The van der Waals surface area contributed by atoms with Crippen molar-refractivity contribution in [2.45, 2.75) is 20.0 Å². The van der Waals surface area contributed by atoms with Crippen LogP contribution in [-0.2, 0) is 13.1 Å². The van der Waals surface area contributed by atoms with E-state index in [1.807, 2.05) is 12.4 Å².